The molecule has 0 unspecified atom stereocenters. The molecule has 0 spiro atoms. The van der Waals surface area contributed by atoms with Crippen molar-refractivity contribution in [1.29, 1.82) is 0 Å². The molecule has 0 amide bonds. The second kappa shape index (κ2) is 3.72. The van der Waals surface area contributed by atoms with Crippen LogP contribution in [0.3, 0.4) is 0 Å². The van der Waals surface area contributed by atoms with Crippen molar-refractivity contribution in [3.05, 3.63) is 0 Å². The van der Waals surface area contributed by atoms with Gasteiger partial charge < -0.3 is 15.3 Å². The highest BCUT2D eigenvalue weighted by molar-refractivity contribution is 7.86. The number of hydrogen-bond donors (Lipinski definition) is 5. The summed E-state index contributed by atoms with van der Waals surface area (Å²) in [5.74, 6) is 0. The average Bonchev–Trinajstić information content (AvgIpc) is 2.06. The highest BCUT2D eigenvalue weighted by atomic mass is 32.2. The molecular formula is C6H13NO6S. The smallest absolute Gasteiger partial charge is 0.283 e. The predicted octanol–water partition coefficient (Wildman–Crippen LogP) is -2.73. The summed E-state index contributed by atoms with van der Waals surface area (Å²) in [4.78, 5) is 0. The van der Waals surface area contributed by atoms with Crippen LogP contribution in [0.25, 0.3) is 0 Å². The number of rotatable bonds is 1. The fourth-order valence-electron chi connectivity index (χ4n) is 1.40. The summed E-state index contributed by atoms with van der Waals surface area (Å²) in [6.07, 6.45) is -4.63. The average molecular weight is 227 g/mol. The topological polar surface area (TPSA) is 127 Å². The fraction of sp³-hybridized carbons (Fsp3) is 1.00. The molecule has 1 saturated heterocycles. The third-order valence-corrected chi connectivity index (χ3v) is 3.33. The molecule has 8 heteroatoms. The molecule has 1 rings (SSSR count). The second-order valence-corrected chi connectivity index (χ2v) is 4.90. The maximum Gasteiger partial charge on any atom is 0.283 e. The normalized spacial score (nSPS) is 45.1. The molecule has 5 atom stereocenters. The molecule has 0 saturated carbocycles. The largest absolute Gasteiger partial charge is 0.389 e. The van der Waals surface area contributed by atoms with E-state index in [9.17, 15) is 23.7 Å². The van der Waals surface area contributed by atoms with Gasteiger partial charge in [0.25, 0.3) is 10.1 Å². The van der Waals surface area contributed by atoms with E-state index < -0.39 is 39.8 Å². The highest BCUT2D eigenvalue weighted by Crippen LogP contribution is 2.18. The lowest BCUT2D eigenvalue weighted by Gasteiger charge is -2.38. The monoisotopic (exact) mass is 227 g/mol. The predicted molar refractivity (Wildman–Crippen MR) is 46.0 cm³/mol. The van der Waals surface area contributed by atoms with E-state index in [1.807, 2.05) is 0 Å². The minimum absolute atomic E-state index is 0.736. The van der Waals surface area contributed by atoms with Gasteiger partial charge in [0.15, 0.2) is 5.37 Å². The van der Waals surface area contributed by atoms with Crippen LogP contribution in [0.5, 0.6) is 0 Å². The molecule has 1 aliphatic rings. The number of aliphatic hydroxyl groups is 3. The summed E-state index contributed by atoms with van der Waals surface area (Å²) >= 11 is 0. The Hall–Kier alpha value is -0.250. The molecular weight excluding hydrogens is 214 g/mol. The van der Waals surface area contributed by atoms with Gasteiger partial charge in [-0.05, 0) is 6.92 Å². The fourth-order valence-corrected chi connectivity index (χ4v) is 2.30. The number of nitrogens with one attached hydrogen (secondary N) is 1. The van der Waals surface area contributed by atoms with Crippen LogP contribution in [0.2, 0.25) is 0 Å². The first-order valence-corrected chi connectivity index (χ1v) is 5.52. The van der Waals surface area contributed by atoms with Crippen molar-refractivity contribution in [3.8, 4) is 0 Å². The van der Waals surface area contributed by atoms with E-state index >= 15 is 0 Å². The molecule has 0 radical (unpaired) electrons. The van der Waals surface area contributed by atoms with Crippen molar-refractivity contribution in [2.75, 3.05) is 0 Å². The van der Waals surface area contributed by atoms with Crippen molar-refractivity contribution >= 4 is 10.1 Å². The van der Waals surface area contributed by atoms with Crippen LogP contribution < -0.4 is 5.32 Å². The van der Waals surface area contributed by atoms with Gasteiger partial charge in [0.05, 0.1) is 6.10 Å². The van der Waals surface area contributed by atoms with Crippen LogP contribution in [-0.2, 0) is 10.1 Å². The standard InChI is InChI=1S/C6H13NO6S/c1-2-3(8)4(9)5(10)6(7-2)14(11,12)13/h2-10H,1H3,(H,11,12,13)/t2-,3+,4+,5-,6+/m1/s1. The van der Waals surface area contributed by atoms with Crippen molar-refractivity contribution in [2.24, 2.45) is 0 Å². The SMILES string of the molecule is C[C@H]1N[C@@H](S(=O)(=O)O)[C@H](O)[C@@H](O)[C@H]1O. The van der Waals surface area contributed by atoms with E-state index in [4.69, 9.17) is 4.55 Å². The summed E-state index contributed by atoms with van der Waals surface area (Å²) in [5, 5.41) is 28.4. The Morgan fingerprint density at radius 3 is 2.00 bits per heavy atom. The van der Waals surface area contributed by atoms with Crippen molar-refractivity contribution in [2.45, 2.75) is 36.7 Å². The lowest BCUT2D eigenvalue weighted by Crippen LogP contribution is -2.65. The van der Waals surface area contributed by atoms with Gasteiger partial charge in [-0.25, -0.2) is 0 Å². The van der Waals surface area contributed by atoms with E-state index in [1.165, 1.54) is 6.92 Å². The molecule has 0 aliphatic carbocycles. The summed E-state index contributed by atoms with van der Waals surface area (Å²) in [5.41, 5.74) is 0. The Balaban J connectivity index is 2.92. The number of piperidine rings is 1. The molecule has 1 fully saturated rings. The van der Waals surface area contributed by atoms with Crippen LogP contribution in [0.15, 0.2) is 0 Å². The van der Waals surface area contributed by atoms with Gasteiger partial charge in [0, 0.05) is 6.04 Å². The van der Waals surface area contributed by atoms with Crippen LogP contribution in [-0.4, -0.2) is 58.0 Å². The number of hydrogen-bond acceptors (Lipinski definition) is 6. The van der Waals surface area contributed by atoms with Gasteiger partial charge in [0.1, 0.15) is 12.2 Å². The first-order valence-electron chi connectivity index (χ1n) is 4.01. The van der Waals surface area contributed by atoms with Gasteiger partial charge in [0.2, 0.25) is 0 Å². The van der Waals surface area contributed by atoms with Crippen LogP contribution in [0.4, 0.5) is 0 Å². The molecule has 14 heavy (non-hydrogen) atoms. The van der Waals surface area contributed by atoms with E-state index in [-0.39, 0.29) is 0 Å². The third kappa shape index (κ3) is 2.05. The Labute approximate surface area is 81.1 Å². The minimum Gasteiger partial charge on any atom is -0.389 e. The van der Waals surface area contributed by atoms with Gasteiger partial charge in [-0.2, -0.15) is 8.42 Å². The lowest BCUT2D eigenvalue weighted by molar-refractivity contribution is -0.0986. The summed E-state index contributed by atoms with van der Waals surface area (Å²) in [6.45, 7) is 1.43. The first kappa shape index (κ1) is 11.8. The molecule has 5 N–H and O–H groups in total. The molecule has 0 aromatic rings. The quantitative estimate of drug-likeness (QED) is 0.308. The zero-order valence-electron chi connectivity index (χ0n) is 7.40. The molecule has 0 bridgehead atoms. The van der Waals surface area contributed by atoms with Crippen LogP contribution in [0, 0.1) is 0 Å². The Kier molecular flexibility index (Phi) is 3.14. The van der Waals surface area contributed by atoms with E-state index in [2.05, 4.69) is 5.32 Å². The third-order valence-electron chi connectivity index (χ3n) is 2.27. The van der Waals surface area contributed by atoms with Gasteiger partial charge in [-0.1, -0.05) is 0 Å². The maximum absolute atomic E-state index is 10.7. The lowest BCUT2D eigenvalue weighted by atomic mass is 9.97. The van der Waals surface area contributed by atoms with Crippen LogP contribution >= 0.6 is 0 Å². The Bertz CT molecular complexity index is 303. The Morgan fingerprint density at radius 2 is 1.57 bits per heavy atom. The highest BCUT2D eigenvalue weighted by Gasteiger charge is 2.45. The maximum atomic E-state index is 10.7. The summed E-state index contributed by atoms with van der Waals surface area (Å²) < 4.78 is 30.2. The van der Waals surface area contributed by atoms with Crippen LogP contribution in [0.1, 0.15) is 6.92 Å². The van der Waals surface area contributed by atoms with Gasteiger partial charge >= 0.3 is 0 Å². The molecule has 1 aliphatic heterocycles. The second-order valence-electron chi connectivity index (χ2n) is 3.36. The van der Waals surface area contributed by atoms with Gasteiger partial charge in [-0.3, -0.25) is 9.87 Å². The summed E-state index contributed by atoms with van der Waals surface area (Å²) in [6, 6.07) is -0.736. The van der Waals surface area contributed by atoms with Crippen molar-refractivity contribution < 1.29 is 28.3 Å². The van der Waals surface area contributed by atoms with Crippen molar-refractivity contribution in [3.63, 3.8) is 0 Å². The van der Waals surface area contributed by atoms with Gasteiger partial charge in [-0.15, -0.1) is 0 Å². The molecule has 1 heterocycles. The molecule has 0 aromatic heterocycles. The number of aliphatic hydroxyl groups excluding tert-OH is 3. The minimum atomic E-state index is -4.50. The summed E-state index contributed by atoms with van der Waals surface area (Å²) in [7, 11) is -4.50. The Morgan fingerprint density at radius 1 is 1.07 bits per heavy atom. The van der Waals surface area contributed by atoms with E-state index in [0.717, 1.165) is 0 Å². The van der Waals surface area contributed by atoms with Crippen molar-refractivity contribution in [1.82, 2.24) is 5.32 Å². The zero-order valence-corrected chi connectivity index (χ0v) is 8.22. The molecule has 7 nitrogen and oxygen atoms in total. The molecule has 0 aromatic carbocycles. The first-order chi connectivity index (χ1) is 6.25. The molecule has 84 valence electrons. The zero-order chi connectivity index (χ0) is 11.1. The van der Waals surface area contributed by atoms with E-state index in [1.54, 1.807) is 0 Å². The van der Waals surface area contributed by atoms with E-state index in [0.29, 0.717) is 0 Å².